The van der Waals surface area contributed by atoms with Crippen molar-refractivity contribution < 1.29 is 14.7 Å². The van der Waals surface area contributed by atoms with Crippen LogP contribution in [-0.4, -0.2) is 33.3 Å². The number of amides is 1. The molecule has 0 aliphatic heterocycles. The van der Waals surface area contributed by atoms with Crippen LogP contribution in [0.25, 0.3) is 0 Å². The maximum Gasteiger partial charge on any atom is 0.308 e. The SMILES string of the molecule is Cc1nn(C)c(C)c1C(=O)NCC(C(=O)O)C(C)C. The highest BCUT2D eigenvalue weighted by molar-refractivity contribution is 5.96. The Morgan fingerprint density at radius 2 is 1.95 bits per heavy atom. The molecule has 0 fully saturated rings. The predicted molar refractivity (Wildman–Crippen MR) is 71.0 cm³/mol. The molecule has 6 nitrogen and oxygen atoms in total. The topological polar surface area (TPSA) is 84.2 Å². The van der Waals surface area contributed by atoms with Crippen LogP contribution in [0.1, 0.15) is 35.6 Å². The number of aromatic nitrogens is 2. The van der Waals surface area contributed by atoms with E-state index in [1.165, 1.54) is 0 Å². The second-order valence-electron chi connectivity index (χ2n) is 5.07. The number of nitrogens with zero attached hydrogens (tertiary/aromatic N) is 2. The molecule has 0 saturated carbocycles. The molecule has 1 unspecified atom stereocenters. The zero-order valence-electron chi connectivity index (χ0n) is 12.0. The van der Waals surface area contributed by atoms with E-state index < -0.39 is 11.9 Å². The van der Waals surface area contributed by atoms with E-state index in [-0.39, 0.29) is 18.4 Å². The summed E-state index contributed by atoms with van der Waals surface area (Å²) < 4.78 is 1.64. The Balaban J connectivity index is 2.78. The van der Waals surface area contributed by atoms with E-state index in [2.05, 4.69) is 10.4 Å². The lowest BCUT2D eigenvalue weighted by molar-refractivity contribution is -0.142. The first-order valence-electron chi connectivity index (χ1n) is 6.26. The smallest absolute Gasteiger partial charge is 0.308 e. The van der Waals surface area contributed by atoms with Gasteiger partial charge >= 0.3 is 5.97 Å². The van der Waals surface area contributed by atoms with Gasteiger partial charge in [-0.1, -0.05) is 13.8 Å². The fraction of sp³-hybridized carbons (Fsp3) is 0.615. The molecular formula is C13H21N3O3. The van der Waals surface area contributed by atoms with Crippen molar-refractivity contribution in [3.63, 3.8) is 0 Å². The van der Waals surface area contributed by atoms with E-state index in [0.29, 0.717) is 11.3 Å². The number of rotatable bonds is 5. The van der Waals surface area contributed by atoms with Crippen LogP contribution in [0.4, 0.5) is 0 Å². The number of carboxylic acids is 1. The van der Waals surface area contributed by atoms with Crippen LogP contribution in [0.2, 0.25) is 0 Å². The van der Waals surface area contributed by atoms with E-state index in [4.69, 9.17) is 5.11 Å². The van der Waals surface area contributed by atoms with Crippen LogP contribution < -0.4 is 5.32 Å². The Bertz CT molecular complexity index is 492. The number of carboxylic acid groups (broad SMARTS) is 1. The molecule has 1 amide bonds. The largest absolute Gasteiger partial charge is 0.481 e. The van der Waals surface area contributed by atoms with Gasteiger partial charge in [-0.3, -0.25) is 14.3 Å². The minimum atomic E-state index is -0.894. The van der Waals surface area contributed by atoms with Crippen LogP contribution in [0.5, 0.6) is 0 Å². The van der Waals surface area contributed by atoms with Crippen LogP contribution >= 0.6 is 0 Å². The number of hydrogen-bond donors (Lipinski definition) is 2. The summed E-state index contributed by atoms with van der Waals surface area (Å²) in [6.45, 7) is 7.35. The third-order valence-corrected chi connectivity index (χ3v) is 3.34. The Kier molecular flexibility index (Phi) is 4.69. The maximum absolute atomic E-state index is 12.1. The third kappa shape index (κ3) is 3.33. The second kappa shape index (κ2) is 5.86. The molecule has 0 saturated heterocycles. The molecule has 0 radical (unpaired) electrons. The van der Waals surface area contributed by atoms with Gasteiger partial charge in [-0.15, -0.1) is 0 Å². The van der Waals surface area contributed by atoms with Crippen molar-refractivity contribution in [3.8, 4) is 0 Å². The van der Waals surface area contributed by atoms with Gasteiger partial charge in [0.1, 0.15) is 0 Å². The summed E-state index contributed by atoms with van der Waals surface area (Å²) in [4.78, 5) is 23.2. The number of aliphatic carboxylic acids is 1. The van der Waals surface area contributed by atoms with Crippen molar-refractivity contribution in [2.45, 2.75) is 27.7 Å². The highest BCUT2D eigenvalue weighted by Gasteiger charge is 2.24. The van der Waals surface area contributed by atoms with Gasteiger partial charge in [-0.05, 0) is 19.8 Å². The molecule has 106 valence electrons. The van der Waals surface area contributed by atoms with Crippen molar-refractivity contribution in [1.29, 1.82) is 0 Å². The van der Waals surface area contributed by atoms with Crippen molar-refractivity contribution in [2.24, 2.45) is 18.9 Å². The van der Waals surface area contributed by atoms with Gasteiger partial charge in [-0.25, -0.2) is 0 Å². The van der Waals surface area contributed by atoms with Crippen molar-refractivity contribution in [2.75, 3.05) is 6.54 Å². The molecule has 19 heavy (non-hydrogen) atoms. The molecule has 1 rings (SSSR count). The normalized spacial score (nSPS) is 12.5. The van der Waals surface area contributed by atoms with Gasteiger partial charge < -0.3 is 10.4 Å². The number of carbonyl (C=O) groups excluding carboxylic acids is 1. The fourth-order valence-electron chi connectivity index (χ4n) is 2.00. The van der Waals surface area contributed by atoms with Gasteiger partial charge in [-0.2, -0.15) is 5.10 Å². The molecule has 6 heteroatoms. The van der Waals surface area contributed by atoms with E-state index in [0.717, 1.165) is 5.69 Å². The van der Waals surface area contributed by atoms with Gasteiger partial charge in [0.25, 0.3) is 5.91 Å². The van der Waals surface area contributed by atoms with E-state index in [1.54, 1.807) is 18.7 Å². The van der Waals surface area contributed by atoms with Gasteiger partial charge in [0, 0.05) is 19.3 Å². The highest BCUT2D eigenvalue weighted by Crippen LogP contribution is 2.13. The highest BCUT2D eigenvalue weighted by atomic mass is 16.4. The van der Waals surface area contributed by atoms with Crippen molar-refractivity contribution in [3.05, 3.63) is 17.0 Å². The van der Waals surface area contributed by atoms with Crippen LogP contribution in [0.15, 0.2) is 0 Å². The second-order valence-corrected chi connectivity index (χ2v) is 5.07. The number of nitrogens with one attached hydrogen (secondary N) is 1. The summed E-state index contributed by atoms with van der Waals surface area (Å²) in [5, 5.41) is 15.9. The van der Waals surface area contributed by atoms with Crippen molar-refractivity contribution in [1.82, 2.24) is 15.1 Å². The number of hydrogen-bond acceptors (Lipinski definition) is 3. The number of carbonyl (C=O) groups is 2. The maximum atomic E-state index is 12.1. The Labute approximate surface area is 112 Å². The Morgan fingerprint density at radius 1 is 1.37 bits per heavy atom. The van der Waals surface area contributed by atoms with E-state index >= 15 is 0 Å². The summed E-state index contributed by atoms with van der Waals surface area (Å²) in [6, 6.07) is 0. The molecule has 0 bridgehead atoms. The fourth-order valence-corrected chi connectivity index (χ4v) is 2.00. The lowest BCUT2D eigenvalue weighted by Crippen LogP contribution is -2.35. The van der Waals surface area contributed by atoms with Crippen LogP contribution in [0, 0.1) is 25.7 Å². The molecule has 1 aromatic heterocycles. The first-order valence-corrected chi connectivity index (χ1v) is 6.26. The van der Waals surface area contributed by atoms with Crippen LogP contribution in [0.3, 0.4) is 0 Å². The number of aryl methyl sites for hydroxylation is 2. The first-order chi connectivity index (χ1) is 8.75. The first kappa shape index (κ1) is 15.2. The van der Waals surface area contributed by atoms with E-state index in [1.807, 2.05) is 20.8 Å². The monoisotopic (exact) mass is 267 g/mol. The lowest BCUT2D eigenvalue weighted by atomic mass is 9.96. The summed E-state index contributed by atoms with van der Waals surface area (Å²) in [5.74, 6) is -1.78. The summed E-state index contributed by atoms with van der Waals surface area (Å²) in [7, 11) is 1.77. The van der Waals surface area contributed by atoms with Crippen LogP contribution in [-0.2, 0) is 11.8 Å². The standard InChI is InChI=1S/C13H21N3O3/c1-7(2)10(13(18)19)6-14-12(17)11-8(3)15-16(5)9(11)4/h7,10H,6H2,1-5H3,(H,14,17)(H,18,19). The van der Waals surface area contributed by atoms with Gasteiger partial charge in [0.15, 0.2) is 0 Å². The lowest BCUT2D eigenvalue weighted by Gasteiger charge is -2.16. The Hall–Kier alpha value is -1.85. The molecule has 1 aromatic rings. The minimum Gasteiger partial charge on any atom is -0.481 e. The zero-order valence-corrected chi connectivity index (χ0v) is 12.0. The third-order valence-electron chi connectivity index (χ3n) is 3.34. The van der Waals surface area contributed by atoms with Gasteiger partial charge in [0.05, 0.1) is 17.2 Å². The summed E-state index contributed by atoms with van der Waals surface area (Å²) in [6.07, 6.45) is 0. The molecule has 0 aliphatic carbocycles. The molecule has 1 heterocycles. The molecule has 2 N–H and O–H groups in total. The average Bonchev–Trinajstić information content (AvgIpc) is 2.52. The van der Waals surface area contributed by atoms with Crippen molar-refractivity contribution >= 4 is 11.9 Å². The Morgan fingerprint density at radius 3 is 2.32 bits per heavy atom. The minimum absolute atomic E-state index is 0.0334. The van der Waals surface area contributed by atoms with E-state index in [9.17, 15) is 9.59 Å². The summed E-state index contributed by atoms with van der Waals surface area (Å²) >= 11 is 0. The van der Waals surface area contributed by atoms with Gasteiger partial charge in [0.2, 0.25) is 0 Å². The molecule has 1 atom stereocenters. The summed E-state index contributed by atoms with van der Waals surface area (Å²) in [5.41, 5.74) is 1.94. The molecular weight excluding hydrogens is 246 g/mol. The molecule has 0 aliphatic rings. The molecule has 0 spiro atoms. The predicted octanol–water partition coefficient (Wildman–Crippen LogP) is 1.12. The average molecular weight is 267 g/mol. The quantitative estimate of drug-likeness (QED) is 0.837. The molecule has 0 aromatic carbocycles. The zero-order chi connectivity index (χ0) is 14.7.